The van der Waals surface area contributed by atoms with Gasteiger partial charge < -0.3 is 5.32 Å². The number of unbranched alkanes of at least 4 members (excludes halogenated alkanes) is 1. The van der Waals surface area contributed by atoms with Gasteiger partial charge in [-0.05, 0) is 48.7 Å². The van der Waals surface area contributed by atoms with Crippen molar-refractivity contribution in [2.75, 3.05) is 17.6 Å². The summed E-state index contributed by atoms with van der Waals surface area (Å²) in [5.74, 6) is -0.315. The van der Waals surface area contributed by atoms with Crippen LogP contribution in [0.25, 0.3) is 11.1 Å². The van der Waals surface area contributed by atoms with Crippen molar-refractivity contribution in [1.29, 1.82) is 0 Å². The van der Waals surface area contributed by atoms with Crippen LogP contribution in [0.15, 0.2) is 41.3 Å². The zero-order valence-electron chi connectivity index (χ0n) is 14.4. The molecule has 0 radical (unpaired) electrons. The average Bonchev–Trinajstić information content (AvgIpc) is 2.55. The van der Waals surface area contributed by atoms with E-state index in [0.717, 1.165) is 30.6 Å². The molecule has 0 unspecified atom stereocenters. The summed E-state index contributed by atoms with van der Waals surface area (Å²) < 4.78 is 38.5. The topological polar surface area (TPSA) is 46.2 Å². The van der Waals surface area contributed by atoms with Crippen molar-refractivity contribution in [3.8, 4) is 11.1 Å². The Morgan fingerprint density at radius 2 is 1.75 bits per heavy atom. The normalized spacial score (nSPS) is 11.5. The molecule has 0 saturated carbocycles. The molecule has 0 aliphatic heterocycles. The zero-order valence-corrected chi connectivity index (χ0v) is 15.2. The first-order valence-electron chi connectivity index (χ1n) is 8.26. The monoisotopic (exact) mass is 349 g/mol. The van der Waals surface area contributed by atoms with Gasteiger partial charge >= 0.3 is 0 Å². The van der Waals surface area contributed by atoms with Gasteiger partial charge in [-0.15, -0.1) is 0 Å². The Labute approximate surface area is 143 Å². The number of anilines is 1. The number of hydrogen-bond acceptors (Lipinski definition) is 3. The molecule has 24 heavy (non-hydrogen) atoms. The first-order chi connectivity index (χ1) is 11.4. The van der Waals surface area contributed by atoms with Crippen molar-refractivity contribution in [3.63, 3.8) is 0 Å². The fraction of sp³-hybridized carbons (Fsp3) is 0.368. The Morgan fingerprint density at radius 3 is 2.33 bits per heavy atom. The number of sulfone groups is 1. The minimum atomic E-state index is -3.40. The molecule has 0 amide bonds. The van der Waals surface area contributed by atoms with Gasteiger partial charge in [-0.2, -0.15) is 0 Å². The van der Waals surface area contributed by atoms with Gasteiger partial charge in [0, 0.05) is 17.8 Å². The van der Waals surface area contributed by atoms with E-state index in [2.05, 4.69) is 12.2 Å². The third-order valence-electron chi connectivity index (χ3n) is 3.94. The lowest BCUT2D eigenvalue weighted by molar-refractivity contribution is 0.597. The quantitative estimate of drug-likeness (QED) is 0.730. The molecular weight excluding hydrogens is 325 g/mol. The van der Waals surface area contributed by atoms with Crippen LogP contribution in [-0.2, 0) is 9.84 Å². The van der Waals surface area contributed by atoms with Crippen LogP contribution in [0.3, 0.4) is 0 Å². The predicted molar refractivity (Wildman–Crippen MR) is 97.7 cm³/mol. The lowest BCUT2D eigenvalue weighted by atomic mass is 10.0. The molecule has 3 nitrogen and oxygen atoms in total. The van der Waals surface area contributed by atoms with Crippen LogP contribution < -0.4 is 5.32 Å². The van der Waals surface area contributed by atoms with Crippen LogP contribution in [0, 0.1) is 12.7 Å². The summed E-state index contributed by atoms with van der Waals surface area (Å²) in [6.07, 6.45) is 2.04. The van der Waals surface area contributed by atoms with Crippen molar-refractivity contribution >= 4 is 15.5 Å². The maximum Gasteiger partial charge on any atom is 0.178 e. The van der Waals surface area contributed by atoms with E-state index in [4.69, 9.17) is 0 Å². The maximum atomic E-state index is 13.3. The smallest absolute Gasteiger partial charge is 0.178 e. The standard InChI is InChI=1S/C19H24FNO2S/c1-4-6-11-21-17-12-14(3)13-18(24(22,23)5-2)19(17)15-7-9-16(20)10-8-15/h7-10,12-13,21H,4-6,11H2,1-3H3. The Kier molecular flexibility index (Phi) is 5.99. The van der Waals surface area contributed by atoms with Gasteiger partial charge in [0.05, 0.1) is 10.6 Å². The minimum Gasteiger partial charge on any atom is -0.385 e. The SMILES string of the molecule is CCCCNc1cc(C)cc(S(=O)(=O)CC)c1-c1ccc(F)cc1. The van der Waals surface area contributed by atoms with Gasteiger partial charge in [-0.3, -0.25) is 0 Å². The zero-order chi connectivity index (χ0) is 17.7. The number of halogens is 1. The van der Waals surface area contributed by atoms with Crippen LogP contribution in [0.2, 0.25) is 0 Å². The largest absolute Gasteiger partial charge is 0.385 e. The number of nitrogens with one attached hydrogen (secondary N) is 1. The highest BCUT2D eigenvalue weighted by Crippen LogP contribution is 2.36. The molecule has 130 valence electrons. The van der Waals surface area contributed by atoms with Crippen molar-refractivity contribution in [2.24, 2.45) is 0 Å². The number of benzene rings is 2. The van der Waals surface area contributed by atoms with E-state index >= 15 is 0 Å². The molecule has 2 aromatic rings. The van der Waals surface area contributed by atoms with E-state index in [1.54, 1.807) is 25.1 Å². The highest BCUT2D eigenvalue weighted by molar-refractivity contribution is 7.91. The number of hydrogen-bond donors (Lipinski definition) is 1. The average molecular weight is 349 g/mol. The third kappa shape index (κ3) is 4.15. The highest BCUT2D eigenvalue weighted by Gasteiger charge is 2.21. The first kappa shape index (κ1) is 18.5. The van der Waals surface area contributed by atoms with E-state index in [1.807, 2.05) is 13.0 Å². The predicted octanol–water partition coefficient (Wildman–Crippen LogP) is 4.81. The maximum absolute atomic E-state index is 13.3. The van der Waals surface area contributed by atoms with Gasteiger partial charge in [0.15, 0.2) is 9.84 Å². The summed E-state index contributed by atoms with van der Waals surface area (Å²) in [4.78, 5) is 0.301. The van der Waals surface area contributed by atoms with E-state index in [9.17, 15) is 12.8 Å². The second-order valence-electron chi connectivity index (χ2n) is 5.88. The molecule has 0 saturated heterocycles. The summed E-state index contributed by atoms with van der Waals surface area (Å²) in [7, 11) is -3.40. The van der Waals surface area contributed by atoms with Crippen LogP contribution in [0.1, 0.15) is 32.3 Å². The molecule has 0 fully saturated rings. The van der Waals surface area contributed by atoms with Crippen molar-refractivity contribution in [3.05, 3.63) is 47.8 Å². The first-order valence-corrected chi connectivity index (χ1v) is 9.91. The van der Waals surface area contributed by atoms with Crippen molar-refractivity contribution < 1.29 is 12.8 Å². The lowest BCUT2D eigenvalue weighted by Crippen LogP contribution is -2.10. The molecule has 0 aliphatic rings. The highest BCUT2D eigenvalue weighted by atomic mass is 32.2. The van der Waals surface area contributed by atoms with Gasteiger partial charge in [0.2, 0.25) is 0 Å². The van der Waals surface area contributed by atoms with E-state index in [0.29, 0.717) is 16.0 Å². The molecular formula is C19H24FNO2S. The van der Waals surface area contributed by atoms with E-state index in [-0.39, 0.29) is 11.6 Å². The Bertz CT molecular complexity index is 799. The Balaban J connectivity index is 2.67. The van der Waals surface area contributed by atoms with Crippen LogP contribution in [0.4, 0.5) is 10.1 Å². The van der Waals surface area contributed by atoms with E-state index < -0.39 is 9.84 Å². The Morgan fingerprint density at radius 1 is 1.08 bits per heavy atom. The molecule has 0 bridgehead atoms. The molecule has 0 spiro atoms. The molecule has 2 rings (SSSR count). The summed E-state index contributed by atoms with van der Waals surface area (Å²) >= 11 is 0. The molecule has 1 N–H and O–H groups in total. The van der Waals surface area contributed by atoms with Crippen LogP contribution in [0.5, 0.6) is 0 Å². The van der Waals surface area contributed by atoms with Gasteiger partial charge in [0.25, 0.3) is 0 Å². The minimum absolute atomic E-state index is 0.0268. The number of rotatable bonds is 7. The summed E-state index contributed by atoms with van der Waals surface area (Å²) in [5, 5.41) is 3.35. The van der Waals surface area contributed by atoms with Crippen molar-refractivity contribution in [2.45, 2.75) is 38.5 Å². The fourth-order valence-electron chi connectivity index (χ4n) is 2.61. The molecule has 5 heteroatoms. The van der Waals surface area contributed by atoms with Crippen LogP contribution >= 0.6 is 0 Å². The molecule has 0 aliphatic carbocycles. The third-order valence-corrected chi connectivity index (χ3v) is 5.69. The van der Waals surface area contributed by atoms with Gasteiger partial charge in [0.1, 0.15) is 5.82 Å². The fourth-order valence-corrected chi connectivity index (χ4v) is 3.82. The summed E-state index contributed by atoms with van der Waals surface area (Å²) in [5.41, 5.74) is 2.98. The number of aryl methyl sites for hydroxylation is 1. The molecule has 2 aromatic carbocycles. The molecule has 0 atom stereocenters. The molecule has 0 aromatic heterocycles. The Hall–Kier alpha value is -1.88. The van der Waals surface area contributed by atoms with Gasteiger partial charge in [-0.1, -0.05) is 32.4 Å². The van der Waals surface area contributed by atoms with Crippen LogP contribution in [-0.4, -0.2) is 20.7 Å². The molecule has 0 heterocycles. The lowest BCUT2D eigenvalue weighted by Gasteiger charge is -2.18. The van der Waals surface area contributed by atoms with E-state index in [1.165, 1.54) is 12.1 Å². The second kappa shape index (κ2) is 7.79. The van der Waals surface area contributed by atoms with Crippen molar-refractivity contribution in [1.82, 2.24) is 0 Å². The summed E-state index contributed by atoms with van der Waals surface area (Å²) in [6, 6.07) is 9.60. The summed E-state index contributed by atoms with van der Waals surface area (Å²) in [6.45, 7) is 6.38. The van der Waals surface area contributed by atoms with Gasteiger partial charge in [-0.25, -0.2) is 12.8 Å². The second-order valence-corrected chi connectivity index (χ2v) is 8.12.